The Morgan fingerprint density at radius 2 is 1.71 bits per heavy atom. The molecule has 0 aromatic carbocycles. The molecule has 0 aromatic rings. The SMILES string of the molecule is NC(CC1CCCCC1)C(O)C(O)C(Cl)N1CCOCC1. The number of hydrogen-bond donors (Lipinski definition) is 3. The molecule has 1 saturated carbocycles. The van der Waals surface area contributed by atoms with E-state index in [0.717, 1.165) is 6.42 Å². The van der Waals surface area contributed by atoms with Crippen LogP contribution >= 0.6 is 11.6 Å². The Labute approximate surface area is 132 Å². The standard InChI is InChI=1S/C15H29ClN2O3/c16-15(18-6-8-21-9-7-18)14(20)13(19)12(17)10-11-4-2-1-3-5-11/h11-15,19-20H,1-10,17H2. The fourth-order valence-electron chi connectivity index (χ4n) is 3.40. The van der Waals surface area contributed by atoms with Gasteiger partial charge in [-0.15, -0.1) is 11.6 Å². The van der Waals surface area contributed by atoms with Gasteiger partial charge in [0.15, 0.2) is 0 Å². The van der Waals surface area contributed by atoms with Crippen molar-refractivity contribution in [2.45, 2.75) is 62.3 Å². The third-order valence-electron chi connectivity index (χ3n) is 4.80. The van der Waals surface area contributed by atoms with E-state index in [1.54, 1.807) is 0 Å². The number of alkyl halides is 1. The van der Waals surface area contributed by atoms with Gasteiger partial charge >= 0.3 is 0 Å². The number of morpholine rings is 1. The zero-order valence-electron chi connectivity index (χ0n) is 12.7. The third-order valence-corrected chi connectivity index (χ3v) is 5.33. The summed E-state index contributed by atoms with van der Waals surface area (Å²) in [4.78, 5) is 1.94. The molecule has 1 aliphatic heterocycles. The van der Waals surface area contributed by atoms with Crippen LogP contribution in [0.25, 0.3) is 0 Å². The zero-order valence-corrected chi connectivity index (χ0v) is 13.4. The van der Waals surface area contributed by atoms with Crippen molar-refractivity contribution in [3.05, 3.63) is 0 Å². The first-order valence-corrected chi connectivity index (χ1v) is 8.61. The summed E-state index contributed by atoms with van der Waals surface area (Å²) in [6.07, 6.45) is 4.95. The Bertz CT molecular complexity index is 297. The minimum Gasteiger partial charge on any atom is -0.389 e. The maximum atomic E-state index is 10.3. The summed E-state index contributed by atoms with van der Waals surface area (Å²) in [5, 5.41) is 20.6. The molecule has 2 aliphatic rings. The Morgan fingerprint density at radius 3 is 2.33 bits per heavy atom. The molecule has 1 saturated heterocycles. The van der Waals surface area contributed by atoms with E-state index in [0.29, 0.717) is 32.2 Å². The number of nitrogens with zero attached hydrogens (tertiary/aromatic N) is 1. The van der Waals surface area contributed by atoms with E-state index in [1.165, 1.54) is 32.1 Å². The van der Waals surface area contributed by atoms with Crippen LogP contribution < -0.4 is 5.73 Å². The van der Waals surface area contributed by atoms with Crippen LogP contribution in [-0.4, -0.2) is 65.2 Å². The zero-order chi connectivity index (χ0) is 15.2. The molecule has 0 spiro atoms. The normalized spacial score (nSPS) is 28.0. The minimum atomic E-state index is -1.02. The molecule has 1 aliphatic carbocycles. The molecule has 2 rings (SSSR count). The van der Waals surface area contributed by atoms with Crippen LogP contribution in [0.1, 0.15) is 38.5 Å². The van der Waals surface area contributed by atoms with Gasteiger partial charge in [0.2, 0.25) is 0 Å². The second-order valence-electron chi connectivity index (χ2n) is 6.41. The van der Waals surface area contributed by atoms with E-state index < -0.39 is 23.8 Å². The van der Waals surface area contributed by atoms with Crippen LogP contribution in [0.5, 0.6) is 0 Å². The van der Waals surface area contributed by atoms with Crippen molar-refractivity contribution >= 4 is 11.6 Å². The molecule has 1 heterocycles. The summed E-state index contributed by atoms with van der Waals surface area (Å²) in [7, 11) is 0. The lowest BCUT2D eigenvalue weighted by molar-refractivity contribution is -0.0511. The quantitative estimate of drug-likeness (QED) is 0.500. The van der Waals surface area contributed by atoms with Crippen molar-refractivity contribution in [2.24, 2.45) is 11.7 Å². The summed E-state index contributed by atoms with van der Waals surface area (Å²) < 4.78 is 5.27. The average molecular weight is 321 g/mol. The molecule has 0 amide bonds. The predicted octanol–water partition coefficient (Wildman–Crippen LogP) is 0.903. The Hall–Kier alpha value is 0.0900. The highest BCUT2D eigenvalue weighted by molar-refractivity contribution is 6.20. The van der Waals surface area contributed by atoms with Crippen molar-refractivity contribution in [1.29, 1.82) is 0 Å². The van der Waals surface area contributed by atoms with Crippen molar-refractivity contribution in [1.82, 2.24) is 4.90 Å². The summed E-state index contributed by atoms with van der Waals surface area (Å²) >= 11 is 6.30. The maximum Gasteiger partial charge on any atom is 0.114 e. The molecule has 21 heavy (non-hydrogen) atoms. The van der Waals surface area contributed by atoms with Crippen molar-refractivity contribution in [3.8, 4) is 0 Å². The van der Waals surface area contributed by atoms with Crippen LogP contribution in [0.2, 0.25) is 0 Å². The Morgan fingerprint density at radius 1 is 1.10 bits per heavy atom. The first-order valence-electron chi connectivity index (χ1n) is 8.17. The number of nitrogens with two attached hydrogens (primary N) is 1. The maximum absolute atomic E-state index is 10.3. The summed E-state index contributed by atoms with van der Waals surface area (Å²) in [6, 6.07) is -0.412. The lowest BCUT2D eigenvalue weighted by atomic mass is 9.83. The van der Waals surface area contributed by atoms with Gasteiger partial charge in [-0.3, -0.25) is 4.90 Å². The van der Waals surface area contributed by atoms with Gasteiger partial charge in [-0.1, -0.05) is 32.1 Å². The van der Waals surface area contributed by atoms with Gasteiger partial charge in [0.1, 0.15) is 11.6 Å². The van der Waals surface area contributed by atoms with Gasteiger partial charge in [-0.2, -0.15) is 0 Å². The molecular formula is C15H29ClN2O3. The molecule has 0 bridgehead atoms. The number of ether oxygens (including phenoxy) is 1. The van der Waals surface area contributed by atoms with Gasteiger partial charge in [0.05, 0.1) is 19.3 Å². The van der Waals surface area contributed by atoms with E-state index in [1.807, 2.05) is 4.90 Å². The average Bonchev–Trinajstić information content (AvgIpc) is 2.54. The molecule has 4 unspecified atom stereocenters. The molecule has 124 valence electrons. The first-order chi connectivity index (χ1) is 10.1. The molecule has 2 fully saturated rings. The monoisotopic (exact) mass is 320 g/mol. The van der Waals surface area contributed by atoms with Gasteiger partial charge in [-0.25, -0.2) is 0 Å². The van der Waals surface area contributed by atoms with Crippen molar-refractivity contribution < 1.29 is 14.9 Å². The van der Waals surface area contributed by atoms with Gasteiger partial charge < -0.3 is 20.7 Å². The summed E-state index contributed by atoms with van der Waals surface area (Å²) in [5.74, 6) is 0.577. The van der Waals surface area contributed by atoms with Crippen LogP contribution in [0.4, 0.5) is 0 Å². The first kappa shape index (κ1) is 17.4. The van der Waals surface area contributed by atoms with Crippen LogP contribution in [0, 0.1) is 5.92 Å². The lowest BCUT2D eigenvalue weighted by Crippen LogP contribution is -2.54. The predicted molar refractivity (Wildman–Crippen MR) is 83.2 cm³/mol. The number of aliphatic hydroxyl groups excluding tert-OH is 2. The molecule has 0 radical (unpaired) electrons. The third kappa shape index (κ3) is 5.05. The summed E-state index contributed by atoms with van der Waals surface area (Å²) in [6.45, 7) is 2.58. The van der Waals surface area contributed by atoms with Gasteiger partial charge in [0.25, 0.3) is 0 Å². The fraction of sp³-hybridized carbons (Fsp3) is 1.00. The molecule has 5 nitrogen and oxygen atoms in total. The molecule has 4 N–H and O–H groups in total. The molecule has 6 heteroatoms. The van der Waals surface area contributed by atoms with Crippen molar-refractivity contribution in [3.63, 3.8) is 0 Å². The topological polar surface area (TPSA) is 79.0 Å². The number of aliphatic hydroxyl groups is 2. The Kier molecular flexibility index (Phi) is 7.19. The van der Waals surface area contributed by atoms with E-state index in [9.17, 15) is 10.2 Å². The molecule has 4 atom stereocenters. The van der Waals surface area contributed by atoms with Gasteiger partial charge in [-0.05, 0) is 12.3 Å². The largest absolute Gasteiger partial charge is 0.389 e. The number of halogens is 1. The van der Waals surface area contributed by atoms with Crippen LogP contribution in [-0.2, 0) is 4.74 Å². The highest BCUT2D eigenvalue weighted by Crippen LogP contribution is 2.28. The van der Waals surface area contributed by atoms with E-state index in [2.05, 4.69) is 0 Å². The molecule has 0 aromatic heterocycles. The molecular weight excluding hydrogens is 292 g/mol. The fourth-order valence-corrected chi connectivity index (χ4v) is 3.75. The van der Waals surface area contributed by atoms with E-state index >= 15 is 0 Å². The highest BCUT2D eigenvalue weighted by Gasteiger charge is 2.34. The van der Waals surface area contributed by atoms with Crippen LogP contribution in [0.3, 0.4) is 0 Å². The Balaban J connectivity index is 1.80. The second kappa shape index (κ2) is 8.65. The van der Waals surface area contributed by atoms with Gasteiger partial charge in [0, 0.05) is 19.1 Å². The second-order valence-corrected chi connectivity index (χ2v) is 6.85. The minimum absolute atomic E-state index is 0.412. The highest BCUT2D eigenvalue weighted by atomic mass is 35.5. The smallest absolute Gasteiger partial charge is 0.114 e. The van der Waals surface area contributed by atoms with E-state index in [4.69, 9.17) is 22.1 Å². The summed E-state index contributed by atoms with van der Waals surface area (Å²) in [5.41, 5.74) is 5.49. The van der Waals surface area contributed by atoms with Crippen molar-refractivity contribution in [2.75, 3.05) is 26.3 Å². The number of rotatable bonds is 6. The van der Waals surface area contributed by atoms with E-state index in [-0.39, 0.29) is 0 Å². The lowest BCUT2D eigenvalue weighted by Gasteiger charge is -2.36. The number of hydrogen-bond acceptors (Lipinski definition) is 5. The van der Waals surface area contributed by atoms with Crippen LogP contribution in [0.15, 0.2) is 0 Å².